The second-order valence-electron chi connectivity index (χ2n) is 5.55. The lowest BCUT2D eigenvalue weighted by Crippen LogP contribution is -2.62. The number of cyclic esters (lactones) is 1. The summed E-state index contributed by atoms with van der Waals surface area (Å²) in [6, 6.07) is 9.20. The van der Waals surface area contributed by atoms with Crippen LogP contribution >= 0.6 is 0 Å². The summed E-state index contributed by atoms with van der Waals surface area (Å²) in [6.45, 7) is 0.804. The van der Waals surface area contributed by atoms with Crippen molar-refractivity contribution in [1.29, 1.82) is 0 Å². The summed E-state index contributed by atoms with van der Waals surface area (Å²) in [7, 11) is 0. The van der Waals surface area contributed by atoms with Gasteiger partial charge in [-0.15, -0.1) is 0 Å². The van der Waals surface area contributed by atoms with Crippen molar-refractivity contribution in [2.75, 3.05) is 13.2 Å². The van der Waals surface area contributed by atoms with Gasteiger partial charge in [-0.2, -0.15) is 0 Å². The second kappa shape index (κ2) is 5.27. The van der Waals surface area contributed by atoms with Crippen LogP contribution in [0.1, 0.15) is 42.5 Å². The van der Waals surface area contributed by atoms with E-state index in [1.54, 1.807) is 17.0 Å². The molecule has 2 fully saturated rings. The number of ether oxygens (including phenoxy) is 1. The van der Waals surface area contributed by atoms with Gasteiger partial charge in [0.1, 0.15) is 12.1 Å². The van der Waals surface area contributed by atoms with Gasteiger partial charge in [-0.05, 0) is 25.0 Å². The Kier molecular flexibility index (Phi) is 3.47. The lowest BCUT2D eigenvalue weighted by atomic mass is 9.79. The summed E-state index contributed by atoms with van der Waals surface area (Å²) < 4.78 is 5.25. The molecule has 0 unspecified atom stereocenters. The van der Waals surface area contributed by atoms with Crippen molar-refractivity contribution in [3.05, 3.63) is 35.9 Å². The van der Waals surface area contributed by atoms with E-state index in [1.165, 1.54) is 0 Å². The van der Waals surface area contributed by atoms with Crippen LogP contribution in [0.2, 0.25) is 0 Å². The maximum atomic E-state index is 12.7. The first-order chi connectivity index (χ1) is 9.74. The van der Waals surface area contributed by atoms with Crippen LogP contribution in [0, 0.1) is 0 Å². The maximum absolute atomic E-state index is 12.7. The Balaban J connectivity index is 1.93. The average molecular weight is 273 g/mol. The first-order valence-corrected chi connectivity index (χ1v) is 7.28. The molecule has 0 atom stereocenters. The number of benzene rings is 1. The van der Waals surface area contributed by atoms with E-state index in [2.05, 4.69) is 0 Å². The smallest absolute Gasteiger partial charge is 0.332 e. The van der Waals surface area contributed by atoms with Crippen molar-refractivity contribution in [1.82, 2.24) is 4.90 Å². The topological polar surface area (TPSA) is 46.6 Å². The zero-order valence-electron chi connectivity index (χ0n) is 11.5. The molecule has 0 N–H and O–H groups in total. The Labute approximate surface area is 118 Å². The largest absolute Gasteiger partial charge is 0.462 e. The molecule has 1 aliphatic heterocycles. The molecular formula is C16H19NO3. The number of hydrogen-bond donors (Lipinski definition) is 0. The van der Waals surface area contributed by atoms with Gasteiger partial charge in [0.05, 0.1) is 6.54 Å². The van der Waals surface area contributed by atoms with Crippen LogP contribution in [0.3, 0.4) is 0 Å². The Morgan fingerprint density at radius 2 is 1.80 bits per heavy atom. The number of esters is 1. The van der Waals surface area contributed by atoms with Crippen LogP contribution in [-0.2, 0) is 9.53 Å². The monoisotopic (exact) mass is 273 g/mol. The molecule has 1 heterocycles. The molecule has 1 amide bonds. The summed E-state index contributed by atoms with van der Waals surface area (Å²) in [6.07, 6.45) is 4.54. The van der Waals surface area contributed by atoms with E-state index >= 15 is 0 Å². The van der Waals surface area contributed by atoms with Crippen LogP contribution in [-0.4, -0.2) is 35.5 Å². The van der Waals surface area contributed by atoms with Gasteiger partial charge in [0.2, 0.25) is 0 Å². The summed E-state index contributed by atoms with van der Waals surface area (Å²) in [5.41, 5.74) is -0.0733. The number of amides is 1. The molecule has 1 saturated carbocycles. The number of hydrogen-bond acceptors (Lipinski definition) is 3. The molecule has 4 nitrogen and oxygen atoms in total. The first-order valence-electron chi connectivity index (χ1n) is 7.28. The van der Waals surface area contributed by atoms with Gasteiger partial charge >= 0.3 is 5.97 Å². The molecule has 1 spiro atoms. The Morgan fingerprint density at radius 3 is 2.50 bits per heavy atom. The molecule has 2 aliphatic rings. The fourth-order valence-corrected chi connectivity index (χ4v) is 3.33. The lowest BCUT2D eigenvalue weighted by molar-refractivity contribution is -0.168. The van der Waals surface area contributed by atoms with E-state index < -0.39 is 5.54 Å². The Morgan fingerprint density at radius 1 is 1.10 bits per heavy atom. The van der Waals surface area contributed by atoms with E-state index in [0.29, 0.717) is 18.7 Å². The molecule has 0 radical (unpaired) electrons. The standard InChI is InChI=1S/C16H19NO3/c18-14(13-7-3-1-4-8-13)17-11-12-20-15(19)16(17)9-5-2-6-10-16/h1,3-4,7-8H,2,5-6,9-12H2. The molecule has 1 aromatic carbocycles. The first kappa shape index (κ1) is 13.2. The highest BCUT2D eigenvalue weighted by molar-refractivity contribution is 5.98. The van der Waals surface area contributed by atoms with Gasteiger partial charge in [-0.3, -0.25) is 4.79 Å². The summed E-state index contributed by atoms with van der Waals surface area (Å²) in [5.74, 6) is -0.267. The predicted octanol–water partition coefficient (Wildman–Crippen LogP) is 2.39. The Hall–Kier alpha value is -1.84. The summed E-state index contributed by atoms with van der Waals surface area (Å²) in [4.78, 5) is 26.8. The molecule has 1 saturated heterocycles. The van der Waals surface area contributed by atoms with E-state index in [0.717, 1.165) is 32.1 Å². The van der Waals surface area contributed by atoms with Gasteiger partial charge in [0.25, 0.3) is 5.91 Å². The molecule has 20 heavy (non-hydrogen) atoms. The quantitative estimate of drug-likeness (QED) is 0.738. The third-order valence-corrected chi connectivity index (χ3v) is 4.39. The molecule has 0 aromatic heterocycles. The second-order valence-corrected chi connectivity index (χ2v) is 5.55. The van der Waals surface area contributed by atoms with E-state index in [9.17, 15) is 9.59 Å². The SMILES string of the molecule is O=C(c1ccccc1)N1CCOC(=O)C12CCCCC2. The van der Waals surface area contributed by atoms with Crippen LogP contribution in [0.5, 0.6) is 0 Å². The number of morpholine rings is 1. The number of nitrogens with zero attached hydrogens (tertiary/aromatic N) is 1. The highest BCUT2D eigenvalue weighted by atomic mass is 16.5. The van der Waals surface area contributed by atoms with Crippen molar-refractivity contribution >= 4 is 11.9 Å². The maximum Gasteiger partial charge on any atom is 0.332 e. The fraction of sp³-hybridized carbons (Fsp3) is 0.500. The van der Waals surface area contributed by atoms with Crippen molar-refractivity contribution in [3.8, 4) is 0 Å². The molecule has 1 aromatic rings. The van der Waals surface area contributed by atoms with Gasteiger partial charge < -0.3 is 9.64 Å². The van der Waals surface area contributed by atoms with Crippen molar-refractivity contribution < 1.29 is 14.3 Å². The van der Waals surface area contributed by atoms with Gasteiger partial charge in [0, 0.05) is 5.56 Å². The van der Waals surface area contributed by atoms with Crippen LogP contribution < -0.4 is 0 Å². The predicted molar refractivity (Wildman–Crippen MR) is 74.3 cm³/mol. The minimum atomic E-state index is -0.719. The Bertz CT molecular complexity index is 506. The third kappa shape index (κ3) is 2.09. The van der Waals surface area contributed by atoms with Gasteiger partial charge in [-0.25, -0.2) is 4.79 Å². The molecular weight excluding hydrogens is 254 g/mol. The summed E-state index contributed by atoms with van der Waals surface area (Å²) in [5, 5.41) is 0. The number of rotatable bonds is 1. The van der Waals surface area contributed by atoms with E-state index in [-0.39, 0.29) is 11.9 Å². The normalized spacial score (nSPS) is 21.6. The third-order valence-electron chi connectivity index (χ3n) is 4.39. The lowest BCUT2D eigenvalue weighted by Gasteiger charge is -2.47. The zero-order valence-corrected chi connectivity index (χ0v) is 11.5. The van der Waals surface area contributed by atoms with Gasteiger partial charge in [0.15, 0.2) is 0 Å². The van der Waals surface area contributed by atoms with E-state index in [1.807, 2.05) is 18.2 Å². The zero-order chi connectivity index (χ0) is 14.0. The minimum absolute atomic E-state index is 0.0517. The van der Waals surface area contributed by atoms with Crippen molar-refractivity contribution in [2.24, 2.45) is 0 Å². The van der Waals surface area contributed by atoms with Crippen molar-refractivity contribution in [2.45, 2.75) is 37.6 Å². The van der Waals surface area contributed by atoms with Crippen LogP contribution in [0.25, 0.3) is 0 Å². The highest BCUT2D eigenvalue weighted by Gasteiger charge is 2.50. The highest BCUT2D eigenvalue weighted by Crippen LogP contribution is 2.37. The molecule has 0 bridgehead atoms. The number of carbonyl (C=O) groups excluding carboxylic acids is 2. The molecule has 1 aliphatic carbocycles. The van der Waals surface area contributed by atoms with Crippen LogP contribution in [0.4, 0.5) is 0 Å². The van der Waals surface area contributed by atoms with Crippen LogP contribution in [0.15, 0.2) is 30.3 Å². The van der Waals surface area contributed by atoms with E-state index in [4.69, 9.17) is 4.74 Å². The minimum Gasteiger partial charge on any atom is -0.462 e. The molecule has 3 rings (SSSR count). The van der Waals surface area contributed by atoms with Crippen molar-refractivity contribution in [3.63, 3.8) is 0 Å². The molecule has 4 heteroatoms. The molecule has 106 valence electrons. The summed E-state index contributed by atoms with van der Waals surface area (Å²) >= 11 is 0. The van der Waals surface area contributed by atoms with Gasteiger partial charge in [-0.1, -0.05) is 37.5 Å². The average Bonchev–Trinajstić information content (AvgIpc) is 2.51. The fourth-order valence-electron chi connectivity index (χ4n) is 3.33. The number of carbonyl (C=O) groups is 2.